The van der Waals surface area contributed by atoms with Crippen molar-refractivity contribution in [3.63, 3.8) is 0 Å². The van der Waals surface area contributed by atoms with Gasteiger partial charge in [-0.05, 0) is 24.3 Å². The summed E-state index contributed by atoms with van der Waals surface area (Å²) in [5, 5.41) is 12.7. The standard InChI is InChI=1S/C16H25NO3/c1-4-15(18)14(10-12(2)3)17-16(19)20-11-13-8-6-5-7-9-13/h5-9,12,14-15,18H,4,10-11H2,1-3H3,(H,17,19)/t14-,15-/m0/s1. The minimum absolute atomic E-state index is 0.239. The van der Waals surface area contributed by atoms with Crippen LogP contribution in [0.1, 0.15) is 39.2 Å². The van der Waals surface area contributed by atoms with Crippen LogP contribution >= 0.6 is 0 Å². The lowest BCUT2D eigenvalue weighted by molar-refractivity contribution is 0.0922. The van der Waals surface area contributed by atoms with Crippen molar-refractivity contribution in [3.05, 3.63) is 35.9 Å². The van der Waals surface area contributed by atoms with Crippen molar-refractivity contribution in [2.45, 2.75) is 52.4 Å². The average molecular weight is 279 g/mol. The van der Waals surface area contributed by atoms with Gasteiger partial charge in [0.1, 0.15) is 6.61 Å². The number of nitrogens with one attached hydrogen (secondary N) is 1. The third kappa shape index (κ3) is 6.06. The van der Waals surface area contributed by atoms with E-state index in [2.05, 4.69) is 19.2 Å². The Morgan fingerprint density at radius 3 is 2.50 bits per heavy atom. The van der Waals surface area contributed by atoms with E-state index in [9.17, 15) is 9.90 Å². The fraction of sp³-hybridized carbons (Fsp3) is 0.562. The summed E-state index contributed by atoms with van der Waals surface area (Å²) >= 11 is 0. The number of hydrogen-bond acceptors (Lipinski definition) is 3. The van der Waals surface area contributed by atoms with Crippen molar-refractivity contribution in [1.29, 1.82) is 0 Å². The molecule has 0 aromatic heterocycles. The number of alkyl carbamates (subject to hydrolysis) is 1. The lowest BCUT2D eigenvalue weighted by Gasteiger charge is -2.24. The molecule has 1 aromatic carbocycles. The molecule has 112 valence electrons. The van der Waals surface area contributed by atoms with E-state index < -0.39 is 12.2 Å². The third-order valence-electron chi connectivity index (χ3n) is 3.12. The first-order chi connectivity index (χ1) is 9.52. The Hall–Kier alpha value is -1.55. The van der Waals surface area contributed by atoms with Crippen LogP contribution in [0.3, 0.4) is 0 Å². The molecule has 4 heteroatoms. The Morgan fingerprint density at radius 2 is 1.95 bits per heavy atom. The maximum Gasteiger partial charge on any atom is 0.407 e. The van der Waals surface area contributed by atoms with Gasteiger partial charge >= 0.3 is 6.09 Å². The Balaban J connectivity index is 2.45. The second-order valence-corrected chi connectivity index (χ2v) is 5.42. The molecule has 1 amide bonds. The number of carbonyl (C=O) groups excluding carboxylic acids is 1. The molecule has 1 aromatic rings. The summed E-state index contributed by atoms with van der Waals surface area (Å²) in [5.41, 5.74) is 0.944. The average Bonchev–Trinajstić information content (AvgIpc) is 2.44. The molecule has 0 aliphatic heterocycles. The molecule has 20 heavy (non-hydrogen) atoms. The summed E-state index contributed by atoms with van der Waals surface area (Å²) in [7, 11) is 0. The van der Waals surface area contributed by atoms with Gasteiger partial charge in [0.15, 0.2) is 0 Å². The predicted molar refractivity (Wildman–Crippen MR) is 79.3 cm³/mol. The van der Waals surface area contributed by atoms with Crippen LogP contribution in [0.5, 0.6) is 0 Å². The molecule has 0 saturated heterocycles. The second kappa shape index (κ2) is 8.59. The van der Waals surface area contributed by atoms with E-state index >= 15 is 0 Å². The van der Waals surface area contributed by atoms with Crippen LogP contribution in [0.4, 0.5) is 4.79 Å². The van der Waals surface area contributed by atoms with Gasteiger partial charge in [0, 0.05) is 0 Å². The molecule has 2 atom stereocenters. The molecule has 4 nitrogen and oxygen atoms in total. The largest absolute Gasteiger partial charge is 0.445 e. The summed E-state index contributed by atoms with van der Waals surface area (Å²) in [6.45, 7) is 6.26. The normalized spacial score (nSPS) is 13.8. The number of aliphatic hydroxyl groups excluding tert-OH is 1. The van der Waals surface area contributed by atoms with E-state index in [1.165, 1.54) is 0 Å². The fourth-order valence-corrected chi connectivity index (χ4v) is 2.02. The first-order valence-electron chi connectivity index (χ1n) is 7.18. The molecule has 0 aliphatic carbocycles. The lowest BCUT2D eigenvalue weighted by Crippen LogP contribution is -2.44. The Morgan fingerprint density at radius 1 is 1.30 bits per heavy atom. The van der Waals surface area contributed by atoms with E-state index in [1.807, 2.05) is 37.3 Å². The van der Waals surface area contributed by atoms with Gasteiger partial charge in [0.2, 0.25) is 0 Å². The van der Waals surface area contributed by atoms with Gasteiger partial charge < -0.3 is 15.2 Å². The van der Waals surface area contributed by atoms with Crippen LogP contribution in [-0.2, 0) is 11.3 Å². The number of hydrogen-bond donors (Lipinski definition) is 2. The molecule has 0 fully saturated rings. The molecule has 0 aliphatic rings. The van der Waals surface area contributed by atoms with Gasteiger partial charge in [-0.1, -0.05) is 51.1 Å². The van der Waals surface area contributed by atoms with Gasteiger partial charge in [-0.25, -0.2) is 4.79 Å². The van der Waals surface area contributed by atoms with Crippen LogP contribution in [-0.4, -0.2) is 23.3 Å². The lowest BCUT2D eigenvalue weighted by atomic mass is 9.98. The van der Waals surface area contributed by atoms with E-state index in [4.69, 9.17) is 4.74 Å². The smallest absolute Gasteiger partial charge is 0.407 e. The zero-order valence-corrected chi connectivity index (χ0v) is 12.5. The maximum absolute atomic E-state index is 11.8. The maximum atomic E-state index is 11.8. The molecule has 0 heterocycles. The van der Waals surface area contributed by atoms with Crippen LogP contribution in [0.15, 0.2) is 30.3 Å². The van der Waals surface area contributed by atoms with Crippen molar-refractivity contribution in [2.24, 2.45) is 5.92 Å². The topological polar surface area (TPSA) is 58.6 Å². The molecule has 0 bridgehead atoms. The summed E-state index contributed by atoms with van der Waals surface area (Å²) < 4.78 is 5.17. The fourth-order valence-electron chi connectivity index (χ4n) is 2.02. The summed E-state index contributed by atoms with van der Waals surface area (Å²) in [5.74, 6) is 0.399. The molecule has 0 unspecified atom stereocenters. The number of carbonyl (C=O) groups is 1. The SMILES string of the molecule is CC[C@H](O)[C@H](CC(C)C)NC(=O)OCc1ccccc1. The Bertz CT molecular complexity index is 392. The molecule has 1 rings (SSSR count). The van der Waals surface area contributed by atoms with Crippen molar-refractivity contribution in [2.75, 3.05) is 0 Å². The Kier molecular flexibility index (Phi) is 7.09. The van der Waals surface area contributed by atoms with Gasteiger partial charge in [-0.15, -0.1) is 0 Å². The molecule has 0 saturated carbocycles. The highest BCUT2D eigenvalue weighted by Crippen LogP contribution is 2.11. The van der Waals surface area contributed by atoms with Gasteiger partial charge in [0.05, 0.1) is 12.1 Å². The Labute approximate surface area is 121 Å². The quantitative estimate of drug-likeness (QED) is 0.806. The molecule has 0 spiro atoms. The number of amides is 1. The predicted octanol–water partition coefficient (Wildman–Crippen LogP) is 3.10. The zero-order chi connectivity index (χ0) is 15.0. The molecule has 2 N–H and O–H groups in total. The minimum Gasteiger partial charge on any atom is -0.445 e. The minimum atomic E-state index is -0.540. The number of ether oxygens (including phenoxy) is 1. The number of rotatable bonds is 7. The first kappa shape index (κ1) is 16.5. The monoisotopic (exact) mass is 279 g/mol. The highest BCUT2D eigenvalue weighted by molar-refractivity contribution is 5.67. The van der Waals surface area contributed by atoms with Gasteiger partial charge in [-0.3, -0.25) is 0 Å². The van der Waals surface area contributed by atoms with Crippen LogP contribution < -0.4 is 5.32 Å². The van der Waals surface area contributed by atoms with E-state index in [0.717, 1.165) is 12.0 Å². The zero-order valence-electron chi connectivity index (χ0n) is 12.5. The molecular weight excluding hydrogens is 254 g/mol. The number of aliphatic hydroxyl groups is 1. The third-order valence-corrected chi connectivity index (χ3v) is 3.12. The number of benzene rings is 1. The van der Waals surface area contributed by atoms with Crippen molar-refractivity contribution >= 4 is 6.09 Å². The van der Waals surface area contributed by atoms with Crippen LogP contribution in [0, 0.1) is 5.92 Å². The summed E-state index contributed by atoms with van der Waals surface area (Å²) in [6, 6.07) is 9.26. The van der Waals surface area contributed by atoms with E-state index in [-0.39, 0.29) is 12.6 Å². The highest BCUT2D eigenvalue weighted by Gasteiger charge is 2.21. The van der Waals surface area contributed by atoms with E-state index in [0.29, 0.717) is 12.3 Å². The van der Waals surface area contributed by atoms with Crippen molar-refractivity contribution in [3.8, 4) is 0 Å². The van der Waals surface area contributed by atoms with E-state index in [1.54, 1.807) is 0 Å². The van der Waals surface area contributed by atoms with Gasteiger partial charge in [-0.2, -0.15) is 0 Å². The van der Waals surface area contributed by atoms with Gasteiger partial charge in [0.25, 0.3) is 0 Å². The highest BCUT2D eigenvalue weighted by atomic mass is 16.5. The van der Waals surface area contributed by atoms with Crippen molar-refractivity contribution < 1.29 is 14.6 Å². The van der Waals surface area contributed by atoms with Crippen LogP contribution in [0.25, 0.3) is 0 Å². The van der Waals surface area contributed by atoms with Crippen molar-refractivity contribution in [1.82, 2.24) is 5.32 Å². The summed E-state index contributed by atoms with van der Waals surface area (Å²) in [4.78, 5) is 11.8. The summed E-state index contributed by atoms with van der Waals surface area (Å²) in [6.07, 6.45) is 0.319. The molecular formula is C16H25NO3. The molecule has 0 radical (unpaired) electrons. The second-order valence-electron chi connectivity index (χ2n) is 5.42. The first-order valence-corrected chi connectivity index (χ1v) is 7.18. The van der Waals surface area contributed by atoms with Crippen LogP contribution in [0.2, 0.25) is 0 Å².